The molecule has 0 unspecified atom stereocenters. The van der Waals surface area contributed by atoms with Crippen LogP contribution in [0.2, 0.25) is 0 Å². The Labute approximate surface area is 119 Å². The fraction of sp³-hybridized carbons (Fsp3) is 0.462. The summed E-state index contributed by atoms with van der Waals surface area (Å²) < 4.78 is 51.4. The first-order chi connectivity index (χ1) is 10.0. The lowest BCUT2D eigenvalue weighted by Crippen LogP contribution is -2.18. The van der Waals surface area contributed by atoms with Crippen molar-refractivity contribution in [3.05, 3.63) is 29.8 Å². The number of benzene rings is 1. The number of halogens is 3. The van der Waals surface area contributed by atoms with Gasteiger partial charge in [-0.25, -0.2) is 0 Å². The molecule has 116 valence electrons. The molecular weight excluding hydrogens is 291 g/mol. The van der Waals surface area contributed by atoms with Gasteiger partial charge < -0.3 is 19.0 Å². The van der Waals surface area contributed by atoms with Crippen LogP contribution in [0.1, 0.15) is 5.56 Å². The lowest BCUT2D eigenvalue weighted by Gasteiger charge is -2.11. The summed E-state index contributed by atoms with van der Waals surface area (Å²) in [5, 5.41) is 3.26. The first-order valence-corrected chi connectivity index (χ1v) is 6.21. The largest absolute Gasteiger partial charge is 0.488 e. The van der Waals surface area contributed by atoms with Crippen LogP contribution in [0.4, 0.5) is 13.2 Å². The van der Waals surface area contributed by atoms with Crippen molar-refractivity contribution in [1.82, 2.24) is 0 Å². The standard InChI is InChI=1S/C13H14F3NO4/c14-13(15,16)9-21-17-7-10-2-1-3-11(6-10)20-8-12-18-4-5-19-12/h1-3,6-7,12H,4-5,8-9H2. The average molecular weight is 305 g/mol. The van der Waals surface area contributed by atoms with E-state index in [0.717, 1.165) is 0 Å². The highest BCUT2D eigenvalue weighted by atomic mass is 19.4. The number of hydrogen-bond acceptors (Lipinski definition) is 5. The predicted molar refractivity (Wildman–Crippen MR) is 67.2 cm³/mol. The van der Waals surface area contributed by atoms with Gasteiger partial charge in [-0.3, -0.25) is 0 Å². The molecule has 0 aromatic heterocycles. The van der Waals surface area contributed by atoms with Crippen LogP contribution in [0.25, 0.3) is 0 Å². The number of hydrogen-bond donors (Lipinski definition) is 0. The first kappa shape index (κ1) is 15.6. The Morgan fingerprint density at radius 2 is 2.05 bits per heavy atom. The van der Waals surface area contributed by atoms with Crippen molar-refractivity contribution in [2.45, 2.75) is 12.5 Å². The van der Waals surface area contributed by atoms with Crippen LogP contribution < -0.4 is 4.74 Å². The Hall–Kier alpha value is -1.80. The molecule has 0 atom stereocenters. The van der Waals surface area contributed by atoms with E-state index in [1.54, 1.807) is 24.3 Å². The average Bonchev–Trinajstić information content (AvgIpc) is 2.94. The van der Waals surface area contributed by atoms with E-state index in [4.69, 9.17) is 14.2 Å². The minimum Gasteiger partial charge on any atom is -0.488 e. The second kappa shape index (κ2) is 7.28. The van der Waals surface area contributed by atoms with E-state index >= 15 is 0 Å². The third-order valence-electron chi connectivity index (χ3n) is 2.44. The maximum Gasteiger partial charge on any atom is 0.425 e. The molecule has 0 radical (unpaired) electrons. The third-order valence-corrected chi connectivity index (χ3v) is 2.44. The molecule has 1 fully saturated rings. The molecule has 0 spiro atoms. The highest BCUT2D eigenvalue weighted by Gasteiger charge is 2.28. The van der Waals surface area contributed by atoms with Crippen LogP contribution in [-0.2, 0) is 14.3 Å². The van der Waals surface area contributed by atoms with Crippen LogP contribution in [0.15, 0.2) is 29.4 Å². The molecule has 1 aliphatic rings. The maximum absolute atomic E-state index is 11.9. The Balaban J connectivity index is 1.81. The van der Waals surface area contributed by atoms with Gasteiger partial charge in [0.15, 0.2) is 6.29 Å². The number of alkyl halides is 3. The van der Waals surface area contributed by atoms with Gasteiger partial charge in [-0.2, -0.15) is 13.2 Å². The molecule has 1 aromatic rings. The van der Waals surface area contributed by atoms with Crippen LogP contribution in [0.3, 0.4) is 0 Å². The van der Waals surface area contributed by atoms with E-state index in [9.17, 15) is 13.2 Å². The van der Waals surface area contributed by atoms with E-state index in [-0.39, 0.29) is 6.61 Å². The van der Waals surface area contributed by atoms with Crippen molar-refractivity contribution in [3.63, 3.8) is 0 Å². The molecule has 0 N–H and O–H groups in total. The summed E-state index contributed by atoms with van der Waals surface area (Å²) in [4.78, 5) is 4.15. The quantitative estimate of drug-likeness (QED) is 0.598. The minimum atomic E-state index is -4.40. The molecule has 1 aliphatic heterocycles. The molecule has 2 rings (SSSR count). The monoisotopic (exact) mass is 305 g/mol. The summed E-state index contributed by atoms with van der Waals surface area (Å²) in [5.74, 6) is 0.536. The third kappa shape index (κ3) is 6.01. The number of rotatable bonds is 6. The molecule has 0 bridgehead atoms. The zero-order valence-corrected chi connectivity index (χ0v) is 11.0. The molecule has 8 heteroatoms. The molecule has 0 saturated carbocycles. The van der Waals surface area contributed by atoms with Crippen molar-refractivity contribution in [3.8, 4) is 5.75 Å². The SMILES string of the molecule is FC(F)(F)CON=Cc1cccc(OCC2OCCO2)c1. The fourth-order valence-corrected chi connectivity index (χ4v) is 1.56. The van der Waals surface area contributed by atoms with Crippen molar-refractivity contribution in [1.29, 1.82) is 0 Å². The second-order valence-electron chi connectivity index (χ2n) is 4.18. The Bertz CT molecular complexity index is 473. The highest BCUT2D eigenvalue weighted by molar-refractivity contribution is 5.79. The summed E-state index contributed by atoms with van der Waals surface area (Å²) in [6.07, 6.45) is -3.61. The van der Waals surface area contributed by atoms with E-state index in [1.165, 1.54) is 6.21 Å². The highest BCUT2D eigenvalue weighted by Crippen LogP contribution is 2.16. The van der Waals surface area contributed by atoms with Gasteiger partial charge in [0.2, 0.25) is 6.61 Å². The van der Waals surface area contributed by atoms with Crippen LogP contribution >= 0.6 is 0 Å². The van der Waals surface area contributed by atoms with E-state index in [0.29, 0.717) is 24.5 Å². The smallest absolute Gasteiger partial charge is 0.425 e. The molecule has 0 amide bonds. The summed E-state index contributed by atoms with van der Waals surface area (Å²) in [5.41, 5.74) is 0.558. The predicted octanol–water partition coefficient (Wildman–Crippen LogP) is 2.35. The molecule has 21 heavy (non-hydrogen) atoms. The zero-order valence-electron chi connectivity index (χ0n) is 11.0. The van der Waals surface area contributed by atoms with Crippen LogP contribution in [0, 0.1) is 0 Å². The van der Waals surface area contributed by atoms with Gasteiger partial charge in [-0.15, -0.1) is 0 Å². The van der Waals surface area contributed by atoms with Gasteiger partial charge in [0, 0.05) is 0 Å². The van der Waals surface area contributed by atoms with Crippen molar-refractivity contribution >= 4 is 6.21 Å². The van der Waals surface area contributed by atoms with Gasteiger partial charge in [0.1, 0.15) is 12.4 Å². The topological polar surface area (TPSA) is 49.3 Å². The van der Waals surface area contributed by atoms with Gasteiger partial charge in [-0.05, 0) is 17.7 Å². The van der Waals surface area contributed by atoms with Gasteiger partial charge >= 0.3 is 6.18 Å². The van der Waals surface area contributed by atoms with Gasteiger partial charge in [0.25, 0.3) is 0 Å². The Morgan fingerprint density at radius 1 is 1.29 bits per heavy atom. The Kier molecular flexibility index (Phi) is 5.40. The minimum absolute atomic E-state index is 0.241. The summed E-state index contributed by atoms with van der Waals surface area (Å²) in [6, 6.07) is 6.69. The lowest BCUT2D eigenvalue weighted by molar-refractivity contribution is -0.173. The number of oxime groups is 1. The van der Waals surface area contributed by atoms with Crippen molar-refractivity contribution < 1.29 is 32.2 Å². The van der Waals surface area contributed by atoms with Gasteiger partial charge in [0.05, 0.1) is 19.4 Å². The van der Waals surface area contributed by atoms with Crippen LogP contribution in [-0.4, -0.2) is 45.1 Å². The molecule has 0 aliphatic carbocycles. The Morgan fingerprint density at radius 3 is 2.76 bits per heavy atom. The zero-order chi connectivity index (χ0) is 15.1. The molecule has 1 saturated heterocycles. The summed E-state index contributed by atoms with van der Waals surface area (Å²) >= 11 is 0. The molecule has 5 nitrogen and oxygen atoms in total. The lowest BCUT2D eigenvalue weighted by atomic mass is 10.2. The number of nitrogens with zero attached hydrogens (tertiary/aromatic N) is 1. The molecule has 1 aromatic carbocycles. The van der Waals surface area contributed by atoms with Crippen molar-refractivity contribution in [2.75, 3.05) is 26.4 Å². The summed E-state index contributed by atoms with van der Waals surface area (Å²) in [6.45, 7) is -0.101. The van der Waals surface area contributed by atoms with Gasteiger partial charge in [-0.1, -0.05) is 17.3 Å². The van der Waals surface area contributed by atoms with E-state index < -0.39 is 19.1 Å². The molecule has 1 heterocycles. The van der Waals surface area contributed by atoms with E-state index in [1.807, 2.05) is 0 Å². The van der Waals surface area contributed by atoms with E-state index in [2.05, 4.69) is 9.99 Å². The fourth-order valence-electron chi connectivity index (χ4n) is 1.56. The second-order valence-corrected chi connectivity index (χ2v) is 4.18. The van der Waals surface area contributed by atoms with Crippen molar-refractivity contribution in [2.24, 2.45) is 5.16 Å². The van der Waals surface area contributed by atoms with Crippen LogP contribution in [0.5, 0.6) is 5.75 Å². The first-order valence-electron chi connectivity index (χ1n) is 6.21. The summed E-state index contributed by atoms with van der Waals surface area (Å²) in [7, 11) is 0. The molecular formula is C13H14F3NO4. The number of ether oxygens (including phenoxy) is 3. The normalized spacial score (nSPS) is 16.5. The maximum atomic E-state index is 11.9.